The second-order valence-electron chi connectivity index (χ2n) is 5.62. The van der Waals surface area contributed by atoms with Crippen molar-refractivity contribution in [3.8, 4) is 0 Å². The number of carboxylic acid groups (broad SMARTS) is 1. The molecule has 0 aliphatic heterocycles. The molecule has 3 N–H and O–H groups in total. The fourth-order valence-electron chi connectivity index (χ4n) is 4.18. The van der Waals surface area contributed by atoms with Crippen LogP contribution in [0.5, 0.6) is 0 Å². The van der Waals surface area contributed by atoms with Gasteiger partial charge >= 0.3 is 29.6 Å². The van der Waals surface area contributed by atoms with E-state index < -0.39 is 5.87 Å². The summed E-state index contributed by atoms with van der Waals surface area (Å²) in [4.78, 5) is 8.78. The van der Waals surface area contributed by atoms with E-state index in [0.717, 1.165) is 17.8 Å². The summed E-state index contributed by atoms with van der Waals surface area (Å²) in [6.07, 6.45) is 8.57. The first-order chi connectivity index (χ1) is 6.97. The van der Waals surface area contributed by atoms with Crippen LogP contribution in [-0.4, -0.2) is 24.4 Å². The van der Waals surface area contributed by atoms with Crippen molar-refractivity contribution >= 4 is 13.7 Å². The van der Waals surface area contributed by atoms with Crippen LogP contribution in [0.2, 0.25) is 0 Å². The maximum absolute atomic E-state index is 8.78. The molecule has 0 amide bonds. The van der Waals surface area contributed by atoms with Gasteiger partial charge in [-0.15, -0.1) is 0 Å². The predicted molar refractivity (Wildman–Crippen MR) is 60.0 cm³/mol. The van der Waals surface area contributed by atoms with Crippen LogP contribution in [0, 0.1) is 17.8 Å². The second kappa shape index (κ2) is 5.43. The third-order valence-electron chi connectivity index (χ3n) is 4.09. The Morgan fingerprint density at radius 1 is 1.19 bits per heavy atom. The quantitative estimate of drug-likeness (QED) is 0.518. The van der Waals surface area contributed by atoms with E-state index >= 15 is 0 Å². The molecule has 0 unspecified atom stereocenters. The largest absolute Gasteiger partial charge is 1.00 e. The van der Waals surface area contributed by atoms with Gasteiger partial charge in [-0.05, 0) is 56.3 Å². The molecule has 4 bridgehead atoms. The zero-order valence-electron chi connectivity index (χ0n) is 11.0. The van der Waals surface area contributed by atoms with Crippen molar-refractivity contribution in [3.63, 3.8) is 0 Å². The van der Waals surface area contributed by atoms with Crippen LogP contribution < -0.4 is 35.3 Å². The summed E-state index contributed by atoms with van der Waals surface area (Å²) < 4.78 is 0. The minimum atomic E-state index is -1.33. The molecular weight excluding hydrogens is 212 g/mol. The Labute approximate surface area is 122 Å². The van der Waals surface area contributed by atoms with Gasteiger partial charge in [0.05, 0.1) is 0 Å². The van der Waals surface area contributed by atoms with Gasteiger partial charge in [0.15, 0.2) is 0 Å². The van der Waals surface area contributed by atoms with Crippen molar-refractivity contribution in [2.24, 2.45) is 23.5 Å². The van der Waals surface area contributed by atoms with Gasteiger partial charge in [0, 0.05) is 5.54 Å². The van der Waals surface area contributed by atoms with E-state index in [1.54, 1.807) is 0 Å². The van der Waals surface area contributed by atoms with Crippen LogP contribution in [0.3, 0.4) is 0 Å². The minimum Gasteiger partial charge on any atom is -1.00 e. The monoisotopic (exact) mass is 231 g/mol. The summed E-state index contributed by atoms with van der Waals surface area (Å²) >= 11 is 0. The molecule has 2 radical (unpaired) electrons. The number of rotatable bonds is 0. The number of hydrogen-bond donors (Lipinski definition) is 2. The first-order valence-electron chi connectivity index (χ1n) is 5.74. The van der Waals surface area contributed by atoms with E-state index in [0.29, 0.717) is 5.54 Å². The third kappa shape index (κ3) is 3.49. The molecule has 0 atom stereocenters. The van der Waals surface area contributed by atoms with E-state index in [2.05, 4.69) is 7.85 Å². The molecule has 4 aliphatic carbocycles. The Morgan fingerprint density at radius 2 is 1.44 bits per heavy atom. The van der Waals surface area contributed by atoms with Crippen LogP contribution in [0.4, 0.5) is 4.79 Å². The number of carbonyl (C=O) groups is 1. The van der Waals surface area contributed by atoms with Gasteiger partial charge in [0.25, 0.3) is 0 Å². The Morgan fingerprint density at radius 3 is 1.62 bits per heavy atom. The summed E-state index contributed by atoms with van der Waals surface area (Å²) in [7, 11) is 4.03. The standard InChI is InChI=1S/C10H17N.CHBO2.Na.H/c11-10-4-7-1-8(5-10)3-9(2-7)6-10;2-1(3)4;;/h7-9H,1-6,11H2;(H,3,4);;/q;;+1;-1. The zero-order chi connectivity index (χ0) is 11.1. The van der Waals surface area contributed by atoms with E-state index in [4.69, 9.17) is 15.6 Å². The summed E-state index contributed by atoms with van der Waals surface area (Å²) in [5, 5.41) is 7.19. The van der Waals surface area contributed by atoms with Gasteiger partial charge in [0.1, 0.15) is 0 Å². The molecule has 0 aromatic heterocycles. The van der Waals surface area contributed by atoms with Crippen molar-refractivity contribution in [1.29, 1.82) is 0 Å². The third-order valence-corrected chi connectivity index (χ3v) is 4.09. The first kappa shape index (κ1) is 14.6. The van der Waals surface area contributed by atoms with Gasteiger partial charge in [-0.3, -0.25) is 4.79 Å². The summed E-state index contributed by atoms with van der Waals surface area (Å²) in [5.41, 5.74) is 6.62. The smallest absolute Gasteiger partial charge is 1.00 e. The molecule has 4 fully saturated rings. The zero-order valence-corrected chi connectivity index (χ0v) is 12.0. The second-order valence-corrected chi connectivity index (χ2v) is 5.62. The Balaban J connectivity index is 0.000000384. The number of hydrogen-bond acceptors (Lipinski definition) is 2. The average molecular weight is 231 g/mol. The van der Waals surface area contributed by atoms with Gasteiger partial charge < -0.3 is 12.3 Å². The van der Waals surface area contributed by atoms with E-state index in [-0.39, 0.29) is 31.0 Å². The fraction of sp³-hybridized carbons (Fsp3) is 0.909. The fourth-order valence-corrected chi connectivity index (χ4v) is 4.18. The van der Waals surface area contributed by atoms with Crippen molar-refractivity contribution < 1.29 is 40.9 Å². The topological polar surface area (TPSA) is 63.3 Å². The molecule has 84 valence electrons. The molecule has 3 nitrogen and oxygen atoms in total. The van der Waals surface area contributed by atoms with Crippen LogP contribution in [0.15, 0.2) is 0 Å². The van der Waals surface area contributed by atoms with Gasteiger partial charge in [0.2, 0.25) is 13.7 Å². The molecule has 0 aromatic carbocycles. The van der Waals surface area contributed by atoms with Crippen molar-refractivity contribution in [1.82, 2.24) is 0 Å². The maximum Gasteiger partial charge on any atom is 1.00 e. The Kier molecular flexibility index (Phi) is 4.94. The van der Waals surface area contributed by atoms with Crippen LogP contribution in [0.1, 0.15) is 40.0 Å². The molecule has 0 saturated heterocycles. The first-order valence-corrected chi connectivity index (χ1v) is 5.74. The molecule has 0 heterocycles. The summed E-state index contributed by atoms with van der Waals surface area (Å²) in [6.45, 7) is 0. The van der Waals surface area contributed by atoms with E-state index in [1.165, 1.54) is 38.5 Å². The van der Waals surface area contributed by atoms with Gasteiger partial charge in [-0.1, -0.05) is 0 Å². The molecule has 0 spiro atoms. The normalized spacial score (nSPS) is 42.9. The van der Waals surface area contributed by atoms with Crippen LogP contribution >= 0.6 is 0 Å². The Hall–Kier alpha value is 0.495. The summed E-state index contributed by atoms with van der Waals surface area (Å²) in [5.74, 6) is 1.73. The number of nitrogens with two attached hydrogens (primary N) is 1. The molecular formula is C11H19BNNaO2. The molecule has 0 aromatic rings. The van der Waals surface area contributed by atoms with E-state index in [9.17, 15) is 0 Å². The van der Waals surface area contributed by atoms with Crippen LogP contribution in [-0.2, 0) is 0 Å². The maximum atomic E-state index is 8.78. The minimum absolute atomic E-state index is 0. The van der Waals surface area contributed by atoms with Gasteiger partial charge in [-0.2, -0.15) is 0 Å². The molecule has 5 heteroatoms. The predicted octanol–water partition coefficient (Wildman–Crippen LogP) is -1.14. The van der Waals surface area contributed by atoms with Crippen LogP contribution in [0.25, 0.3) is 0 Å². The molecule has 4 aliphatic rings. The average Bonchev–Trinajstić information content (AvgIpc) is 1.96. The molecule has 16 heavy (non-hydrogen) atoms. The molecule has 4 saturated carbocycles. The Bertz CT molecular complexity index is 239. The van der Waals surface area contributed by atoms with Gasteiger partial charge in [-0.25, -0.2) is 0 Å². The van der Waals surface area contributed by atoms with Crippen molar-refractivity contribution in [3.05, 3.63) is 0 Å². The van der Waals surface area contributed by atoms with E-state index in [1.807, 2.05) is 0 Å². The van der Waals surface area contributed by atoms with Crippen molar-refractivity contribution in [2.75, 3.05) is 0 Å². The SMILES string of the molecule is NC12CC3CC(CC(C3)C1)C2.[B]C(=O)O.[H-].[Na+]. The molecule has 4 rings (SSSR count). The van der Waals surface area contributed by atoms with Crippen molar-refractivity contribution in [2.45, 2.75) is 44.1 Å². The summed E-state index contributed by atoms with van der Waals surface area (Å²) in [6, 6.07) is 0.